The Morgan fingerprint density at radius 1 is 1.12 bits per heavy atom. The van der Waals surface area contributed by atoms with Crippen molar-refractivity contribution in [3.63, 3.8) is 0 Å². The summed E-state index contributed by atoms with van der Waals surface area (Å²) >= 11 is 1.67. The van der Waals surface area contributed by atoms with Crippen LogP contribution in [0.3, 0.4) is 0 Å². The molecule has 0 unspecified atom stereocenters. The van der Waals surface area contributed by atoms with Crippen LogP contribution in [0.4, 0.5) is 5.69 Å². The molecule has 4 rings (SSSR count). The van der Waals surface area contributed by atoms with Crippen molar-refractivity contribution in [2.45, 2.75) is 31.2 Å². The lowest BCUT2D eigenvalue weighted by Gasteiger charge is -2.41. The molecule has 1 aromatic carbocycles. The van der Waals surface area contributed by atoms with E-state index >= 15 is 0 Å². The van der Waals surface area contributed by atoms with E-state index in [1.807, 2.05) is 5.51 Å². The van der Waals surface area contributed by atoms with Crippen LogP contribution in [-0.4, -0.2) is 76.2 Å². The molecule has 0 amide bonds. The van der Waals surface area contributed by atoms with E-state index in [9.17, 15) is 15.3 Å². The van der Waals surface area contributed by atoms with E-state index in [0.717, 1.165) is 38.0 Å². The Hall–Kier alpha value is -1.25. The second-order valence-corrected chi connectivity index (χ2v) is 8.16. The van der Waals surface area contributed by atoms with Gasteiger partial charge in [-0.3, -0.25) is 4.90 Å². The normalized spacial score (nSPS) is 31.6. The first-order chi connectivity index (χ1) is 12.1. The van der Waals surface area contributed by atoms with Crippen molar-refractivity contribution in [3.8, 4) is 0 Å². The molecule has 2 aliphatic heterocycles. The highest BCUT2D eigenvalue weighted by molar-refractivity contribution is 7.16. The van der Waals surface area contributed by atoms with Gasteiger partial charge in [-0.15, -0.1) is 11.3 Å². The smallest absolute Gasteiger partial charge is 0.108 e. The molecule has 136 valence electrons. The topological polar surface area (TPSA) is 80.1 Å². The third-order valence-electron chi connectivity index (χ3n) is 5.39. The molecule has 2 saturated heterocycles. The van der Waals surface area contributed by atoms with Crippen molar-refractivity contribution < 1.29 is 15.3 Å². The van der Waals surface area contributed by atoms with E-state index in [1.165, 1.54) is 10.4 Å². The van der Waals surface area contributed by atoms with Crippen molar-refractivity contribution in [2.24, 2.45) is 5.92 Å². The summed E-state index contributed by atoms with van der Waals surface area (Å²) in [6, 6.07) is 6.35. The summed E-state index contributed by atoms with van der Waals surface area (Å²) in [6.07, 6.45) is -0.484. The maximum absolute atomic E-state index is 9.90. The molecule has 3 N–H and O–H groups in total. The minimum absolute atomic E-state index is 0.427. The predicted molar refractivity (Wildman–Crippen MR) is 99.0 cm³/mol. The molecule has 7 heteroatoms. The van der Waals surface area contributed by atoms with Gasteiger partial charge in [-0.05, 0) is 30.9 Å². The largest absolute Gasteiger partial charge is 0.389 e. The molecule has 4 atom stereocenters. The first-order valence-electron chi connectivity index (χ1n) is 8.95. The Morgan fingerprint density at radius 2 is 1.92 bits per heavy atom. The lowest BCUT2D eigenvalue weighted by Crippen LogP contribution is -2.56. The summed E-state index contributed by atoms with van der Waals surface area (Å²) in [7, 11) is 0. The highest BCUT2D eigenvalue weighted by atomic mass is 32.1. The fraction of sp³-hybridized carbons (Fsp3) is 0.611. The Kier molecular flexibility index (Phi) is 4.92. The van der Waals surface area contributed by atoms with Gasteiger partial charge < -0.3 is 20.2 Å². The predicted octanol–water partition coefficient (Wildman–Crippen LogP) is 0.911. The summed E-state index contributed by atoms with van der Waals surface area (Å²) in [6.45, 7) is 3.69. The fourth-order valence-corrected chi connectivity index (χ4v) is 4.85. The third kappa shape index (κ3) is 3.52. The van der Waals surface area contributed by atoms with Crippen molar-refractivity contribution in [1.82, 2.24) is 9.88 Å². The molecule has 25 heavy (non-hydrogen) atoms. The molecule has 0 saturated carbocycles. The molecule has 2 aliphatic rings. The Labute approximate surface area is 151 Å². The van der Waals surface area contributed by atoms with E-state index in [-0.39, 0.29) is 0 Å². The zero-order chi connectivity index (χ0) is 17.4. The summed E-state index contributed by atoms with van der Waals surface area (Å²) in [5, 5.41) is 29.5. The Balaban J connectivity index is 1.44. The quantitative estimate of drug-likeness (QED) is 0.752. The second-order valence-electron chi connectivity index (χ2n) is 7.27. The molecule has 0 bridgehead atoms. The van der Waals surface area contributed by atoms with Crippen LogP contribution in [0, 0.1) is 5.92 Å². The van der Waals surface area contributed by atoms with Crippen molar-refractivity contribution in [1.29, 1.82) is 0 Å². The third-order valence-corrected chi connectivity index (χ3v) is 6.19. The number of aliphatic hydroxyl groups is 3. The van der Waals surface area contributed by atoms with Crippen molar-refractivity contribution in [2.75, 3.05) is 37.6 Å². The first-order valence-corrected chi connectivity index (χ1v) is 9.83. The lowest BCUT2D eigenvalue weighted by molar-refractivity contribution is -0.112. The van der Waals surface area contributed by atoms with E-state index in [0.29, 0.717) is 19.0 Å². The number of thiazole rings is 1. The zero-order valence-electron chi connectivity index (χ0n) is 14.2. The van der Waals surface area contributed by atoms with Crippen LogP contribution >= 0.6 is 11.3 Å². The SMILES string of the molecule is O[C@H]1[C@H](O)CN(C[C@H]2CCCN(c3cccc4scnc34)C2)C[C@@H]1O. The number of aromatic nitrogens is 1. The maximum atomic E-state index is 9.90. The standard InChI is InChI=1S/C18H25N3O3S/c22-14-9-20(10-15(23)18(14)24)7-12-3-2-6-21(8-12)13-4-1-5-16-17(13)19-11-25-16/h1,4-5,11-12,14-15,18,22-24H,2-3,6-10H2/t12-,14-,15+,18+/m1/s1. The van der Waals surface area contributed by atoms with E-state index in [4.69, 9.17) is 0 Å². The van der Waals surface area contributed by atoms with Gasteiger partial charge in [0.1, 0.15) is 11.6 Å². The molecular formula is C18H25N3O3S. The molecule has 0 spiro atoms. The van der Waals surface area contributed by atoms with Gasteiger partial charge in [0.15, 0.2) is 0 Å². The highest BCUT2D eigenvalue weighted by Gasteiger charge is 2.34. The van der Waals surface area contributed by atoms with Crippen LogP contribution in [0.1, 0.15) is 12.8 Å². The van der Waals surface area contributed by atoms with Gasteiger partial charge in [-0.25, -0.2) is 4.98 Å². The van der Waals surface area contributed by atoms with Gasteiger partial charge in [0.2, 0.25) is 0 Å². The summed E-state index contributed by atoms with van der Waals surface area (Å²) in [5.41, 5.74) is 4.19. The number of para-hydroxylation sites is 1. The monoisotopic (exact) mass is 363 g/mol. The van der Waals surface area contributed by atoms with E-state index in [1.54, 1.807) is 11.3 Å². The number of rotatable bonds is 3. The van der Waals surface area contributed by atoms with Gasteiger partial charge >= 0.3 is 0 Å². The van der Waals surface area contributed by atoms with Crippen LogP contribution < -0.4 is 4.90 Å². The summed E-state index contributed by atoms with van der Waals surface area (Å²) < 4.78 is 1.22. The average Bonchev–Trinajstić information content (AvgIpc) is 3.08. The van der Waals surface area contributed by atoms with Crippen LogP contribution in [-0.2, 0) is 0 Å². The number of hydrogen-bond acceptors (Lipinski definition) is 7. The van der Waals surface area contributed by atoms with Gasteiger partial charge in [-0.1, -0.05) is 6.07 Å². The Bertz CT molecular complexity index is 712. The van der Waals surface area contributed by atoms with Crippen LogP contribution in [0.25, 0.3) is 10.2 Å². The minimum Gasteiger partial charge on any atom is -0.389 e. The van der Waals surface area contributed by atoms with Crippen LogP contribution in [0.5, 0.6) is 0 Å². The second kappa shape index (κ2) is 7.17. The molecule has 2 fully saturated rings. The molecular weight excluding hydrogens is 338 g/mol. The lowest BCUT2D eigenvalue weighted by atomic mass is 9.94. The number of benzene rings is 1. The number of aliphatic hydroxyl groups excluding tert-OH is 3. The van der Waals surface area contributed by atoms with Gasteiger partial charge in [0.25, 0.3) is 0 Å². The van der Waals surface area contributed by atoms with Crippen LogP contribution in [0.15, 0.2) is 23.7 Å². The van der Waals surface area contributed by atoms with Gasteiger partial charge in [-0.2, -0.15) is 0 Å². The van der Waals surface area contributed by atoms with Crippen LogP contribution in [0.2, 0.25) is 0 Å². The molecule has 6 nitrogen and oxygen atoms in total. The minimum atomic E-state index is -1.03. The zero-order valence-corrected chi connectivity index (χ0v) is 15.0. The van der Waals surface area contributed by atoms with Crippen molar-refractivity contribution in [3.05, 3.63) is 23.7 Å². The molecule has 1 aromatic heterocycles. The average molecular weight is 363 g/mol. The maximum Gasteiger partial charge on any atom is 0.108 e. The fourth-order valence-electron chi connectivity index (χ4n) is 4.15. The highest BCUT2D eigenvalue weighted by Crippen LogP contribution is 2.31. The van der Waals surface area contributed by atoms with Crippen molar-refractivity contribution >= 4 is 27.2 Å². The molecule has 0 aliphatic carbocycles. The number of hydrogen-bond donors (Lipinski definition) is 3. The number of β-amino-alcohol motifs (C(OH)–C–C–N with tert-alkyl or cyclic N) is 2. The van der Waals surface area contributed by atoms with E-state index < -0.39 is 18.3 Å². The summed E-state index contributed by atoms with van der Waals surface area (Å²) in [4.78, 5) is 9.04. The first kappa shape index (κ1) is 17.2. The van der Waals surface area contributed by atoms with Gasteiger partial charge in [0, 0.05) is 32.7 Å². The number of likely N-dealkylation sites (tertiary alicyclic amines) is 1. The van der Waals surface area contributed by atoms with E-state index in [2.05, 4.69) is 33.0 Å². The molecule has 2 aromatic rings. The number of nitrogens with zero attached hydrogens (tertiary/aromatic N) is 3. The Morgan fingerprint density at radius 3 is 2.72 bits per heavy atom. The molecule has 3 heterocycles. The number of anilines is 1. The molecule has 0 radical (unpaired) electrons. The number of piperidine rings is 2. The summed E-state index contributed by atoms with van der Waals surface area (Å²) in [5.74, 6) is 0.484. The number of fused-ring (bicyclic) bond motifs is 1. The van der Waals surface area contributed by atoms with Gasteiger partial charge in [0.05, 0.1) is 28.1 Å².